The number of benzene rings is 4. The molecule has 0 spiro atoms. The van der Waals surface area contributed by atoms with Gasteiger partial charge in [0.1, 0.15) is 5.82 Å². The molecule has 0 aliphatic heterocycles. The molecule has 0 radical (unpaired) electrons. The molecule has 7 nitrogen and oxygen atoms in total. The zero-order valence-corrected chi connectivity index (χ0v) is 22.4. The fourth-order valence-electron chi connectivity index (χ4n) is 4.66. The standard InChI is InChI=1S/C31H24FN5O2S/c1-39-30(38)27-20-36(28-12-5-4-10-25(27)28)17-18-40-31-35-34-29(26-11-6-8-22-7-2-3-9-24(22)26)37(31)33-19-21-13-15-23(32)16-14-21/h2-16,19-20H,17-18H2,1H3/b33-19+. The van der Waals surface area contributed by atoms with Crippen molar-refractivity contribution < 1.29 is 13.9 Å². The number of hydrogen-bond donors (Lipinski definition) is 0. The number of fused-ring (bicyclic) bond motifs is 2. The highest BCUT2D eigenvalue weighted by Gasteiger charge is 2.18. The van der Waals surface area contributed by atoms with Crippen molar-refractivity contribution >= 4 is 45.6 Å². The van der Waals surface area contributed by atoms with Crippen molar-refractivity contribution in [1.82, 2.24) is 19.4 Å². The third-order valence-corrected chi connectivity index (χ3v) is 7.49. The molecule has 0 unspecified atom stereocenters. The maximum Gasteiger partial charge on any atom is 0.340 e. The zero-order chi connectivity index (χ0) is 27.5. The van der Waals surface area contributed by atoms with Crippen LogP contribution in [-0.2, 0) is 11.3 Å². The van der Waals surface area contributed by atoms with Crippen molar-refractivity contribution in [3.8, 4) is 11.4 Å². The molecule has 0 atom stereocenters. The van der Waals surface area contributed by atoms with Crippen molar-refractivity contribution in [2.24, 2.45) is 5.10 Å². The second-order valence-corrected chi connectivity index (χ2v) is 10.1. The van der Waals surface area contributed by atoms with E-state index in [-0.39, 0.29) is 11.8 Å². The fraction of sp³-hybridized carbons (Fsp3) is 0.0968. The third-order valence-electron chi connectivity index (χ3n) is 6.59. The molecule has 0 N–H and O–H groups in total. The molecule has 198 valence electrons. The zero-order valence-electron chi connectivity index (χ0n) is 21.6. The molecule has 4 aromatic carbocycles. The van der Waals surface area contributed by atoms with Crippen LogP contribution in [0.1, 0.15) is 15.9 Å². The highest BCUT2D eigenvalue weighted by atomic mass is 32.2. The van der Waals surface area contributed by atoms with E-state index in [2.05, 4.69) is 28.4 Å². The molecule has 6 rings (SSSR count). The summed E-state index contributed by atoms with van der Waals surface area (Å²) in [5, 5.41) is 17.3. The number of rotatable bonds is 8. The van der Waals surface area contributed by atoms with Gasteiger partial charge in [0.2, 0.25) is 5.16 Å². The van der Waals surface area contributed by atoms with E-state index in [4.69, 9.17) is 9.84 Å². The van der Waals surface area contributed by atoms with Gasteiger partial charge in [-0.25, -0.2) is 9.18 Å². The Balaban J connectivity index is 1.33. The lowest BCUT2D eigenvalue weighted by Gasteiger charge is -2.08. The van der Waals surface area contributed by atoms with Crippen LogP contribution in [0.2, 0.25) is 0 Å². The number of ether oxygens (including phenoxy) is 1. The van der Waals surface area contributed by atoms with E-state index < -0.39 is 0 Å². The molecule has 0 bridgehead atoms. The molecule has 40 heavy (non-hydrogen) atoms. The predicted molar refractivity (Wildman–Crippen MR) is 156 cm³/mol. The number of methoxy groups -OCH3 is 1. The minimum absolute atomic E-state index is 0.304. The summed E-state index contributed by atoms with van der Waals surface area (Å²) < 4.78 is 22.2. The minimum atomic E-state index is -0.364. The highest BCUT2D eigenvalue weighted by molar-refractivity contribution is 7.99. The van der Waals surface area contributed by atoms with Crippen LogP contribution in [0.4, 0.5) is 4.39 Å². The van der Waals surface area contributed by atoms with Crippen LogP contribution in [0, 0.1) is 5.82 Å². The molecule has 0 amide bonds. The van der Waals surface area contributed by atoms with Gasteiger partial charge in [0.15, 0.2) is 5.82 Å². The van der Waals surface area contributed by atoms with Crippen LogP contribution < -0.4 is 0 Å². The average molecular weight is 550 g/mol. The molecular formula is C31H24FN5O2S. The first-order chi connectivity index (χ1) is 19.6. The number of esters is 1. The number of carbonyl (C=O) groups is 1. The van der Waals surface area contributed by atoms with E-state index in [0.717, 1.165) is 32.8 Å². The molecule has 9 heteroatoms. The number of carbonyl (C=O) groups excluding carboxylic acids is 1. The van der Waals surface area contributed by atoms with Crippen LogP contribution >= 0.6 is 11.8 Å². The van der Waals surface area contributed by atoms with Gasteiger partial charge in [0.05, 0.1) is 18.9 Å². The second-order valence-electron chi connectivity index (χ2n) is 9.03. The number of aryl methyl sites for hydroxylation is 1. The fourth-order valence-corrected chi connectivity index (χ4v) is 5.49. The first kappa shape index (κ1) is 25.5. The minimum Gasteiger partial charge on any atom is -0.465 e. The quantitative estimate of drug-likeness (QED) is 0.121. The molecule has 2 aromatic heterocycles. The summed E-state index contributed by atoms with van der Waals surface area (Å²) in [5.74, 6) is 0.593. The number of hydrogen-bond acceptors (Lipinski definition) is 6. The Morgan fingerprint density at radius 1 is 0.950 bits per heavy atom. The number of para-hydroxylation sites is 1. The number of aromatic nitrogens is 4. The monoisotopic (exact) mass is 549 g/mol. The van der Waals surface area contributed by atoms with Gasteiger partial charge in [-0.2, -0.15) is 9.78 Å². The lowest BCUT2D eigenvalue weighted by atomic mass is 10.0. The topological polar surface area (TPSA) is 74.3 Å². The van der Waals surface area contributed by atoms with Crippen LogP contribution in [0.5, 0.6) is 0 Å². The molecule has 0 saturated heterocycles. The smallest absolute Gasteiger partial charge is 0.340 e. The summed E-state index contributed by atoms with van der Waals surface area (Å²) in [4.78, 5) is 12.3. The third kappa shape index (κ3) is 4.99. The summed E-state index contributed by atoms with van der Waals surface area (Å²) in [5.41, 5.74) is 3.15. The Kier molecular flexibility index (Phi) is 7.11. The molecule has 0 aliphatic rings. The lowest BCUT2D eigenvalue weighted by Crippen LogP contribution is -2.02. The molecule has 0 fully saturated rings. The number of halogens is 1. The Bertz CT molecular complexity index is 1850. The van der Waals surface area contributed by atoms with Gasteiger partial charge in [-0.05, 0) is 34.5 Å². The maximum absolute atomic E-state index is 13.4. The van der Waals surface area contributed by atoms with Gasteiger partial charge >= 0.3 is 5.97 Å². The molecule has 0 aliphatic carbocycles. The van der Waals surface area contributed by atoms with Crippen LogP contribution in [0.25, 0.3) is 33.1 Å². The van der Waals surface area contributed by atoms with E-state index in [1.807, 2.05) is 59.3 Å². The SMILES string of the molecule is COC(=O)c1cn(CCSc2nnc(-c3cccc4ccccc34)n2/N=C/c2ccc(F)cc2)c2ccccc12. The molecule has 0 saturated carbocycles. The van der Waals surface area contributed by atoms with Gasteiger partial charge in [0.25, 0.3) is 0 Å². The normalized spacial score (nSPS) is 11.6. The number of thioether (sulfide) groups is 1. The van der Waals surface area contributed by atoms with Gasteiger partial charge in [-0.15, -0.1) is 10.2 Å². The molecule has 2 heterocycles. The van der Waals surface area contributed by atoms with Crippen molar-refractivity contribution in [1.29, 1.82) is 0 Å². The Hall–Kier alpha value is -4.76. The van der Waals surface area contributed by atoms with Crippen LogP contribution in [-0.4, -0.2) is 44.5 Å². The summed E-state index contributed by atoms with van der Waals surface area (Å²) >= 11 is 1.51. The number of nitrogens with zero attached hydrogens (tertiary/aromatic N) is 5. The van der Waals surface area contributed by atoms with Gasteiger partial charge in [-0.1, -0.05) is 84.6 Å². The summed E-state index contributed by atoms with van der Waals surface area (Å²) in [6, 6.07) is 28.1. The largest absolute Gasteiger partial charge is 0.465 e. The predicted octanol–water partition coefficient (Wildman–Crippen LogP) is 6.65. The Labute approximate surface area is 233 Å². The molecule has 6 aromatic rings. The Morgan fingerprint density at radius 3 is 2.52 bits per heavy atom. The lowest BCUT2D eigenvalue weighted by molar-refractivity contribution is 0.0602. The summed E-state index contributed by atoms with van der Waals surface area (Å²) in [7, 11) is 1.39. The van der Waals surface area contributed by atoms with E-state index in [1.54, 1.807) is 23.0 Å². The van der Waals surface area contributed by atoms with E-state index >= 15 is 0 Å². The Morgan fingerprint density at radius 2 is 1.70 bits per heavy atom. The average Bonchev–Trinajstić information content (AvgIpc) is 3.57. The van der Waals surface area contributed by atoms with E-state index in [9.17, 15) is 9.18 Å². The van der Waals surface area contributed by atoms with Crippen molar-refractivity contribution in [2.75, 3.05) is 12.9 Å². The molecular weight excluding hydrogens is 525 g/mol. The first-order valence-corrected chi connectivity index (χ1v) is 13.6. The van der Waals surface area contributed by atoms with Crippen molar-refractivity contribution in [2.45, 2.75) is 11.7 Å². The van der Waals surface area contributed by atoms with Gasteiger partial charge < -0.3 is 9.30 Å². The van der Waals surface area contributed by atoms with Gasteiger partial charge in [-0.3, -0.25) is 0 Å². The summed E-state index contributed by atoms with van der Waals surface area (Å²) in [6.07, 6.45) is 3.50. The van der Waals surface area contributed by atoms with Crippen LogP contribution in [0.15, 0.2) is 107 Å². The van der Waals surface area contributed by atoms with E-state index in [0.29, 0.717) is 28.8 Å². The second kappa shape index (κ2) is 11.2. The van der Waals surface area contributed by atoms with Crippen molar-refractivity contribution in [3.05, 3.63) is 114 Å². The van der Waals surface area contributed by atoms with E-state index in [1.165, 1.54) is 31.0 Å². The van der Waals surface area contributed by atoms with Gasteiger partial charge in [0, 0.05) is 35.0 Å². The summed E-state index contributed by atoms with van der Waals surface area (Å²) in [6.45, 7) is 0.625. The van der Waals surface area contributed by atoms with Crippen molar-refractivity contribution in [3.63, 3.8) is 0 Å². The highest BCUT2D eigenvalue weighted by Crippen LogP contribution is 2.30. The van der Waals surface area contributed by atoms with Crippen LogP contribution in [0.3, 0.4) is 0 Å². The maximum atomic E-state index is 13.4. The first-order valence-electron chi connectivity index (χ1n) is 12.6.